The van der Waals surface area contributed by atoms with E-state index in [2.05, 4.69) is 0 Å². The third kappa shape index (κ3) is 4.07. The number of carboxylic acid groups (broad SMARTS) is 1. The fourth-order valence-corrected chi connectivity index (χ4v) is 1.88. The number of carboxylic acids is 1. The van der Waals surface area contributed by atoms with E-state index < -0.39 is 25.2 Å². The van der Waals surface area contributed by atoms with Crippen LogP contribution in [0.2, 0.25) is 0 Å². The third-order valence-corrected chi connectivity index (χ3v) is 2.59. The van der Waals surface area contributed by atoms with E-state index in [0.29, 0.717) is 18.8 Å². The monoisotopic (exact) mass is 225 g/mol. The van der Waals surface area contributed by atoms with Crippen molar-refractivity contribution in [2.75, 3.05) is 13.1 Å². The van der Waals surface area contributed by atoms with Crippen molar-refractivity contribution >= 4 is 5.97 Å². The second-order valence-electron chi connectivity index (χ2n) is 4.14. The standard InChI is InChI=1S/C9H14F3NO2/c1-6-2-7(3-6)13(4-8(14)15)5-9(10,11)12/h6-7H,2-5H2,1H3,(H,14,15). The van der Waals surface area contributed by atoms with Crippen LogP contribution in [0.3, 0.4) is 0 Å². The summed E-state index contributed by atoms with van der Waals surface area (Å²) in [7, 11) is 0. The van der Waals surface area contributed by atoms with Gasteiger partial charge in [0.25, 0.3) is 0 Å². The van der Waals surface area contributed by atoms with E-state index in [-0.39, 0.29) is 6.04 Å². The van der Waals surface area contributed by atoms with Crippen LogP contribution in [0.4, 0.5) is 13.2 Å². The molecule has 1 rings (SSSR count). The molecule has 1 saturated carbocycles. The van der Waals surface area contributed by atoms with Crippen LogP contribution >= 0.6 is 0 Å². The molecule has 0 radical (unpaired) electrons. The summed E-state index contributed by atoms with van der Waals surface area (Å²) in [6, 6.07) is -0.224. The first-order valence-corrected chi connectivity index (χ1v) is 4.80. The Morgan fingerprint density at radius 3 is 2.33 bits per heavy atom. The predicted octanol–water partition coefficient (Wildman–Crippen LogP) is 1.73. The van der Waals surface area contributed by atoms with Crippen LogP contribution in [0.15, 0.2) is 0 Å². The van der Waals surface area contributed by atoms with Crippen LogP contribution < -0.4 is 0 Å². The highest BCUT2D eigenvalue weighted by Gasteiger charge is 2.38. The molecule has 0 amide bonds. The van der Waals surface area contributed by atoms with Gasteiger partial charge >= 0.3 is 12.1 Å². The largest absolute Gasteiger partial charge is 0.480 e. The van der Waals surface area contributed by atoms with Crippen LogP contribution in [0.5, 0.6) is 0 Å². The van der Waals surface area contributed by atoms with Crippen molar-refractivity contribution in [1.29, 1.82) is 0 Å². The first-order valence-electron chi connectivity index (χ1n) is 4.80. The molecule has 0 atom stereocenters. The highest BCUT2D eigenvalue weighted by Crippen LogP contribution is 2.32. The van der Waals surface area contributed by atoms with Gasteiger partial charge in [-0.15, -0.1) is 0 Å². The van der Waals surface area contributed by atoms with Crippen LogP contribution in [0, 0.1) is 5.92 Å². The molecule has 0 aromatic carbocycles. The number of hydrogen-bond donors (Lipinski definition) is 1. The summed E-state index contributed by atoms with van der Waals surface area (Å²) in [4.78, 5) is 11.4. The van der Waals surface area contributed by atoms with Gasteiger partial charge in [0.15, 0.2) is 0 Å². The second kappa shape index (κ2) is 4.38. The quantitative estimate of drug-likeness (QED) is 0.792. The van der Waals surface area contributed by atoms with Crippen molar-refractivity contribution in [3.05, 3.63) is 0 Å². The van der Waals surface area contributed by atoms with Gasteiger partial charge in [0, 0.05) is 6.04 Å². The maximum Gasteiger partial charge on any atom is 0.401 e. The van der Waals surface area contributed by atoms with Gasteiger partial charge in [-0.05, 0) is 18.8 Å². The van der Waals surface area contributed by atoms with Gasteiger partial charge in [-0.1, -0.05) is 6.92 Å². The Labute approximate surface area is 85.9 Å². The molecule has 0 heterocycles. The molecule has 0 bridgehead atoms. The van der Waals surface area contributed by atoms with Crippen molar-refractivity contribution < 1.29 is 23.1 Å². The molecule has 3 nitrogen and oxygen atoms in total. The molecule has 0 unspecified atom stereocenters. The van der Waals surface area contributed by atoms with Crippen LogP contribution in [0.25, 0.3) is 0 Å². The average molecular weight is 225 g/mol. The zero-order valence-electron chi connectivity index (χ0n) is 8.42. The van der Waals surface area contributed by atoms with E-state index in [9.17, 15) is 18.0 Å². The lowest BCUT2D eigenvalue weighted by atomic mass is 9.81. The number of halogens is 3. The molecule has 88 valence electrons. The zero-order chi connectivity index (χ0) is 11.6. The van der Waals surface area contributed by atoms with E-state index in [4.69, 9.17) is 5.11 Å². The minimum Gasteiger partial charge on any atom is -0.480 e. The van der Waals surface area contributed by atoms with Gasteiger partial charge in [0.2, 0.25) is 0 Å². The van der Waals surface area contributed by atoms with Gasteiger partial charge < -0.3 is 5.11 Å². The Kier molecular flexibility index (Phi) is 3.59. The normalized spacial score (nSPS) is 26.5. The second-order valence-corrected chi connectivity index (χ2v) is 4.14. The van der Waals surface area contributed by atoms with E-state index in [1.165, 1.54) is 0 Å². The minimum absolute atomic E-state index is 0.224. The van der Waals surface area contributed by atoms with Gasteiger partial charge in [-0.25, -0.2) is 0 Å². The van der Waals surface area contributed by atoms with Crippen LogP contribution in [0.1, 0.15) is 19.8 Å². The van der Waals surface area contributed by atoms with Crippen molar-refractivity contribution in [3.8, 4) is 0 Å². The fourth-order valence-electron chi connectivity index (χ4n) is 1.88. The van der Waals surface area contributed by atoms with Crippen molar-refractivity contribution in [2.45, 2.75) is 32.0 Å². The third-order valence-electron chi connectivity index (χ3n) is 2.59. The summed E-state index contributed by atoms with van der Waals surface area (Å²) in [6.07, 6.45) is -3.01. The molecule has 6 heteroatoms. The molecule has 1 fully saturated rings. The molecule has 0 spiro atoms. The van der Waals surface area contributed by atoms with Gasteiger partial charge in [-0.2, -0.15) is 13.2 Å². The van der Waals surface area contributed by atoms with Crippen LogP contribution in [-0.2, 0) is 4.79 Å². The zero-order valence-corrected chi connectivity index (χ0v) is 8.42. The number of rotatable bonds is 4. The number of aliphatic carboxylic acids is 1. The number of carbonyl (C=O) groups is 1. The predicted molar refractivity (Wildman–Crippen MR) is 47.4 cm³/mol. The lowest BCUT2D eigenvalue weighted by molar-refractivity contribution is -0.162. The van der Waals surface area contributed by atoms with Crippen molar-refractivity contribution in [2.24, 2.45) is 5.92 Å². The topological polar surface area (TPSA) is 40.5 Å². The number of hydrogen-bond acceptors (Lipinski definition) is 2. The Hall–Kier alpha value is -0.780. The molecule has 0 saturated heterocycles. The first-order chi connectivity index (χ1) is 6.78. The smallest absolute Gasteiger partial charge is 0.401 e. The van der Waals surface area contributed by atoms with Gasteiger partial charge in [0.1, 0.15) is 0 Å². The summed E-state index contributed by atoms with van der Waals surface area (Å²) in [6.45, 7) is 0.288. The molecule has 0 aromatic rings. The lowest BCUT2D eigenvalue weighted by Crippen LogP contribution is -2.49. The average Bonchev–Trinajstić information content (AvgIpc) is 1.93. The van der Waals surface area contributed by atoms with Gasteiger partial charge in [0.05, 0.1) is 13.1 Å². The van der Waals surface area contributed by atoms with Crippen molar-refractivity contribution in [3.63, 3.8) is 0 Å². The Morgan fingerprint density at radius 1 is 1.47 bits per heavy atom. The minimum atomic E-state index is -4.33. The molecular weight excluding hydrogens is 211 g/mol. The molecule has 15 heavy (non-hydrogen) atoms. The van der Waals surface area contributed by atoms with Crippen molar-refractivity contribution in [1.82, 2.24) is 4.90 Å². The van der Waals surface area contributed by atoms with Gasteiger partial charge in [-0.3, -0.25) is 9.69 Å². The Morgan fingerprint density at radius 2 is 2.00 bits per heavy atom. The molecular formula is C9H14F3NO2. The first kappa shape index (κ1) is 12.3. The Bertz CT molecular complexity index is 236. The molecule has 0 aliphatic heterocycles. The fraction of sp³-hybridized carbons (Fsp3) is 0.889. The number of nitrogens with zero attached hydrogens (tertiary/aromatic N) is 1. The maximum absolute atomic E-state index is 12.1. The van der Waals surface area contributed by atoms with Crippen LogP contribution in [-0.4, -0.2) is 41.3 Å². The summed E-state index contributed by atoms with van der Waals surface area (Å²) < 4.78 is 36.4. The molecule has 1 aliphatic carbocycles. The maximum atomic E-state index is 12.1. The van der Waals surface area contributed by atoms with E-state index in [1.807, 2.05) is 6.92 Å². The lowest BCUT2D eigenvalue weighted by Gasteiger charge is -2.41. The van der Waals surface area contributed by atoms with E-state index in [0.717, 1.165) is 4.90 Å². The SMILES string of the molecule is CC1CC(N(CC(=O)O)CC(F)(F)F)C1. The molecule has 1 N–H and O–H groups in total. The van der Waals surface area contributed by atoms with E-state index >= 15 is 0 Å². The highest BCUT2D eigenvalue weighted by atomic mass is 19.4. The summed E-state index contributed by atoms with van der Waals surface area (Å²) in [5, 5.41) is 8.51. The molecule has 0 aromatic heterocycles. The number of alkyl halides is 3. The summed E-state index contributed by atoms with van der Waals surface area (Å²) in [5.74, 6) is -0.807. The summed E-state index contributed by atoms with van der Waals surface area (Å²) in [5.41, 5.74) is 0. The Balaban J connectivity index is 2.50. The van der Waals surface area contributed by atoms with E-state index in [1.54, 1.807) is 0 Å². The molecule has 1 aliphatic rings. The highest BCUT2D eigenvalue weighted by molar-refractivity contribution is 5.69. The summed E-state index contributed by atoms with van der Waals surface area (Å²) >= 11 is 0.